The van der Waals surface area contributed by atoms with Crippen LogP contribution in [0.3, 0.4) is 0 Å². The van der Waals surface area contributed by atoms with Gasteiger partial charge in [0.15, 0.2) is 0 Å². The van der Waals surface area contributed by atoms with E-state index < -0.39 is 17.5 Å². The van der Waals surface area contributed by atoms with Gasteiger partial charge < -0.3 is 5.73 Å². The fraction of sp³-hybridized carbons (Fsp3) is 0.333. The summed E-state index contributed by atoms with van der Waals surface area (Å²) < 4.78 is 1.04. The first kappa shape index (κ1) is 10.3. The molecule has 1 saturated heterocycles. The lowest BCUT2D eigenvalue weighted by Crippen LogP contribution is -2.45. The fourth-order valence-corrected chi connectivity index (χ4v) is 1.58. The zero-order valence-corrected chi connectivity index (χ0v) is 8.34. The number of nitrogens with two attached hydrogens (primary N) is 1. The minimum Gasteiger partial charge on any atom is -0.397 e. The van der Waals surface area contributed by atoms with Crippen molar-refractivity contribution in [2.75, 3.05) is 5.73 Å². The number of hydrogen-bond acceptors (Lipinski definition) is 5. The molecule has 1 fully saturated rings. The van der Waals surface area contributed by atoms with E-state index in [1.165, 1.54) is 12.3 Å². The molecule has 3 N–H and O–H groups in total. The molecule has 0 aromatic carbocycles. The van der Waals surface area contributed by atoms with E-state index >= 15 is 0 Å². The molecule has 0 aliphatic carbocycles. The van der Waals surface area contributed by atoms with Crippen molar-refractivity contribution in [3.63, 3.8) is 0 Å². The van der Waals surface area contributed by atoms with Gasteiger partial charge in [-0.05, 0) is 6.42 Å². The second-order valence-electron chi connectivity index (χ2n) is 3.54. The maximum absolute atomic E-state index is 11.5. The lowest BCUT2D eigenvalue weighted by Gasteiger charge is -2.21. The minimum atomic E-state index is -0.731. The molecular formula is C9H10N4O3. The highest BCUT2D eigenvalue weighted by atomic mass is 16.2. The molecule has 2 heterocycles. The van der Waals surface area contributed by atoms with E-state index in [0.29, 0.717) is 0 Å². The van der Waals surface area contributed by atoms with Crippen LogP contribution in [0, 0.1) is 0 Å². The van der Waals surface area contributed by atoms with Crippen molar-refractivity contribution in [2.45, 2.75) is 18.9 Å². The molecule has 1 aliphatic rings. The largest absolute Gasteiger partial charge is 0.397 e. The quantitative estimate of drug-likeness (QED) is 0.580. The maximum atomic E-state index is 11.5. The molecule has 0 radical (unpaired) electrons. The molecule has 2 amide bonds. The number of anilines is 1. The van der Waals surface area contributed by atoms with Crippen molar-refractivity contribution in [2.24, 2.45) is 0 Å². The Hall–Kier alpha value is -2.18. The molecular weight excluding hydrogens is 212 g/mol. The van der Waals surface area contributed by atoms with Gasteiger partial charge in [-0.1, -0.05) is 0 Å². The Morgan fingerprint density at radius 3 is 2.81 bits per heavy atom. The Morgan fingerprint density at radius 1 is 1.44 bits per heavy atom. The molecule has 16 heavy (non-hydrogen) atoms. The Balaban J connectivity index is 2.34. The predicted octanol–water partition coefficient (Wildman–Crippen LogP) is -1.20. The summed E-state index contributed by atoms with van der Waals surface area (Å²) in [6.07, 6.45) is 1.78. The average molecular weight is 222 g/mol. The Bertz CT molecular complexity index is 508. The predicted molar refractivity (Wildman–Crippen MR) is 54.3 cm³/mol. The number of nitrogen functional groups attached to an aromatic ring is 1. The molecule has 7 heteroatoms. The molecule has 1 unspecified atom stereocenters. The topological polar surface area (TPSA) is 107 Å². The van der Waals surface area contributed by atoms with Crippen molar-refractivity contribution < 1.29 is 9.59 Å². The summed E-state index contributed by atoms with van der Waals surface area (Å²) in [7, 11) is 0. The minimum absolute atomic E-state index is 0.203. The van der Waals surface area contributed by atoms with Gasteiger partial charge in [0.2, 0.25) is 5.91 Å². The highest BCUT2D eigenvalue weighted by molar-refractivity contribution is 5.99. The number of aromatic nitrogens is 2. The number of piperidine rings is 1. The number of carbonyl (C=O) groups is 2. The van der Waals surface area contributed by atoms with Gasteiger partial charge in [0.25, 0.3) is 11.5 Å². The first-order valence-corrected chi connectivity index (χ1v) is 4.76. The fourth-order valence-electron chi connectivity index (χ4n) is 1.58. The molecule has 1 atom stereocenters. The van der Waals surface area contributed by atoms with E-state index in [4.69, 9.17) is 5.73 Å². The summed E-state index contributed by atoms with van der Waals surface area (Å²) in [5.41, 5.74) is 5.18. The van der Waals surface area contributed by atoms with E-state index in [0.717, 1.165) is 4.68 Å². The van der Waals surface area contributed by atoms with Crippen LogP contribution in [0.5, 0.6) is 0 Å². The number of carbonyl (C=O) groups excluding carboxylic acids is 2. The van der Waals surface area contributed by atoms with Crippen LogP contribution in [0.1, 0.15) is 18.9 Å². The van der Waals surface area contributed by atoms with E-state index in [2.05, 4.69) is 10.4 Å². The van der Waals surface area contributed by atoms with Crippen molar-refractivity contribution in [3.8, 4) is 0 Å². The number of rotatable bonds is 1. The third kappa shape index (κ3) is 1.79. The summed E-state index contributed by atoms with van der Waals surface area (Å²) in [5, 5.41) is 5.94. The Kier molecular flexibility index (Phi) is 2.43. The third-order valence-corrected chi connectivity index (χ3v) is 2.35. The van der Waals surface area contributed by atoms with Crippen molar-refractivity contribution in [3.05, 3.63) is 22.6 Å². The van der Waals surface area contributed by atoms with Gasteiger partial charge in [-0.25, -0.2) is 4.68 Å². The smallest absolute Gasteiger partial charge is 0.269 e. The highest BCUT2D eigenvalue weighted by Gasteiger charge is 2.29. The summed E-state index contributed by atoms with van der Waals surface area (Å²) in [4.78, 5) is 33.9. The van der Waals surface area contributed by atoms with Crippen LogP contribution >= 0.6 is 0 Å². The summed E-state index contributed by atoms with van der Waals surface area (Å²) in [5.74, 6) is -0.833. The normalized spacial score (nSPS) is 20.6. The van der Waals surface area contributed by atoms with E-state index in [-0.39, 0.29) is 24.4 Å². The summed E-state index contributed by atoms with van der Waals surface area (Å²) >= 11 is 0. The van der Waals surface area contributed by atoms with Gasteiger partial charge in [0, 0.05) is 12.5 Å². The van der Waals surface area contributed by atoms with Crippen molar-refractivity contribution in [1.82, 2.24) is 15.1 Å². The highest BCUT2D eigenvalue weighted by Crippen LogP contribution is 2.15. The first-order chi connectivity index (χ1) is 7.58. The van der Waals surface area contributed by atoms with Crippen molar-refractivity contribution in [1.29, 1.82) is 0 Å². The molecule has 1 aliphatic heterocycles. The van der Waals surface area contributed by atoms with E-state index in [1.807, 2.05) is 0 Å². The monoisotopic (exact) mass is 222 g/mol. The standard InChI is InChI=1S/C9H10N4O3/c10-5-3-8(15)13(11-4-5)6-1-2-7(14)12-9(6)16/h3-4,6H,1-2,10H2,(H,12,14,16). The van der Waals surface area contributed by atoms with Crippen LogP contribution in [0.25, 0.3) is 0 Å². The number of nitrogens with zero attached hydrogens (tertiary/aromatic N) is 2. The van der Waals surface area contributed by atoms with Gasteiger partial charge in [0.05, 0.1) is 11.9 Å². The molecule has 1 aromatic heterocycles. The summed E-state index contributed by atoms with van der Waals surface area (Å²) in [6, 6.07) is 0.460. The maximum Gasteiger partial charge on any atom is 0.269 e. The second kappa shape index (κ2) is 3.76. The van der Waals surface area contributed by atoms with E-state index in [1.54, 1.807) is 0 Å². The van der Waals surface area contributed by atoms with Crippen LogP contribution in [-0.2, 0) is 9.59 Å². The lowest BCUT2D eigenvalue weighted by atomic mass is 10.1. The van der Waals surface area contributed by atoms with Crippen LogP contribution in [0.4, 0.5) is 5.69 Å². The zero-order valence-electron chi connectivity index (χ0n) is 8.34. The number of hydrogen-bond donors (Lipinski definition) is 2. The van der Waals surface area contributed by atoms with Crippen LogP contribution < -0.4 is 16.6 Å². The average Bonchev–Trinajstić information content (AvgIpc) is 2.19. The first-order valence-electron chi connectivity index (χ1n) is 4.76. The van der Waals surface area contributed by atoms with Crippen LogP contribution in [0.15, 0.2) is 17.1 Å². The number of amides is 2. The lowest BCUT2D eigenvalue weighted by molar-refractivity contribution is -0.136. The van der Waals surface area contributed by atoms with Gasteiger partial charge in [0.1, 0.15) is 6.04 Å². The molecule has 0 bridgehead atoms. The molecule has 0 spiro atoms. The molecule has 0 saturated carbocycles. The van der Waals surface area contributed by atoms with E-state index in [9.17, 15) is 14.4 Å². The molecule has 84 valence electrons. The Labute approximate surface area is 90.2 Å². The second-order valence-corrected chi connectivity index (χ2v) is 3.54. The van der Waals surface area contributed by atoms with Gasteiger partial charge in [-0.3, -0.25) is 19.7 Å². The zero-order chi connectivity index (χ0) is 11.7. The molecule has 7 nitrogen and oxygen atoms in total. The van der Waals surface area contributed by atoms with Crippen LogP contribution in [-0.4, -0.2) is 21.6 Å². The SMILES string of the molecule is Nc1cnn(C2CCC(=O)NC2=O)c(=O)c1. The Morgan fingerprint density at radius 2 is 2.19 bits per heavy atom. The molecule has 1 aromatic rings. The van der Waals surface area contributed by atoms with Gasteiger partial charge >= 0.3 is 0 Å². The number of nitrogens with one attached hydrogen (secondary N) is 1. The third-order valence-electron chi connectivity index (χ3n) is 2.35. The molecule has 2 rings (SSSR count). The number of imide groups is 1. The van der Waals surface area contributed by atoms with Crippen LogP contribution in [0.2, 0.25) is 0 Å². The van der Waals surface area contributed by atoms with Gasteiger partial charge in [-0.15, -0.1) is 0 Å². The van der Waals surface area contributed by atoms with Gasteiger partial charge in [-0.2, -0.15) is 5.10 Å². The summed E-state index contributed by atoms with van der Waals surface area (Å²) in [6.45, 7) is 0. The van der Waals surface area contributed by atoms with Crippen molar-refractivity contribution >= 4 is 17.5 Å².